The fraction of sp³-hybridized carbons (Fsp3) is 0.0556. The van der Waals surface area contributed by atoms with E-state index in [4.69, 9.17) is 4.42 Å². The molecular formula is C18H15N3O3. The summed E-state index contributed by atoms with van der Waals surface area (Å²) in [5, 5.41) is 15.3. The number of nitro groups is 1. The standard InChI is InChI=1S/C18H15N3O3/c1-13-7-9-16(17(11-13)21(22)23)18-10-8-15(24-18)12-19-20-14-5-3-2-4-6-14/h2-12,20H,1H3/b19-12-. The van der Waals surface area contributed by atoms with Gasteiger partial charge >= 0.3 is 0 Å². The first-order valence-corrected chi connectivity index (χ1v) is 7.33. The van der Waals surface area contributed by atoms with Gasteiger partial charge in [-0.3, -0.25) is 15.5 Å². The van der Waals surface area contributed by atoms with Crippen molar-refractivity contribution in [3.05, 3.63) is 82.1 Å². The van der Waals surface area contributed by atoms with E-state index in [1.54, 1.807) is 18.2 Å². The minimum Gasteiger partial charge on any atom is -0.455 e. The topological polar surface area (TPSA) is 80.7 Å². The highest BCUT2D eigenvalue weighted by molar-refractivity contribution is 5.79. The van der Waals surface area contributed by atoms with E-state index in [9.17, 15) is 10.1 Å². The fourth-order valence-electron chi connectivity index (χ4n) is 2.25. The van der Waals surface area contributed by atoms with Crippen LogP contribution < -0.4 is 5.43 Å². The molecule has 6 heteroatoms. The lowest BCUT2D eigenvalue weighted by Gasteiger charge is -2.01. The van der Waals surface area contributed by atoms with Gasteiger partial charge < -0.3 is 4.42 Å². The van der Waals surface area contributed by atoms with Crippen LogP contribution in [0.1, 0.15) is 11.3 Å². The van der Waals surface area contributed by atoms with E-state index >= 15 is 0 Å². The van der Waals surface area contributed by atoms with E-state index in [1.807, 2.05) is 43.3 Å². The summed E-state index contributed by atoms with van der Waals surface area (Å²) in [6, 6.07) is 18.0. The van der Waals surface area contributed by atoms with Crippen molar-refractivity contribution in [3.63, 3.8) is 0 Å². The highest BCUT2D eigenvalue weighted by Gasteiger charge is 2.17. The number of anilines is 1. The number of rotatable bonds is 5. The maximum absolute atomic E-state index is 11.2. The van der Waals surface area contributed by atoms with Crippen molar-refractivity contribution in [2.75, 3.05) is 5.43 Å². The van der Waals surface area contributed by atoms with Crippen LogP contribution in [0, 0.1) is 17.0 Å². The molecule has 24 heavy (non-hydrogen) atoms. The van der Waals surface area contributed by atoms with Gasteiger partial charge in [0.15, 0.2) is 0 Å². The molecule has 0 amide bonds. The van der Waals surface area contributed by atoms with Crippen molar-refractivity contribution in [3.8, 4) is 11.3 Å². The zero-order valence-electron chi connectivity index (χ0n) is 13.0. The first kappa shape index (κ1) is 15.5. The van der Waals surface area contributed by atoms with Crippen molar-refractivity contribution in [2.24, 2.45) is 5.10 Å². The maximum atomic E-state index is 11.2. The molecule has 1 N–H and O–H groups in total. The van der Waals surface area contributed by atoms with E-state index in [0.717, 1.165) is 11.3 Å². The van der Waals surface area contributed by atoms with Gasteiger partial charge in [0, 0.05) is 6.07 Å². The van der Waals surface area contributed by atoms with E-state index in [2.05, 4.69) is 10.5 Å². The predicted octanol–water partition coefficient (Wildman–Crippen LogP) is 4.61. The quantitative estimate of drug-likeness (QED) is 0.423. The van der Waals surface area contributed by atoms with Gasteiger partial charge in [-0.05, 0) is 42.8 Å². The second kappa shape index (κ2) is 6.78. The largest absolute Gasteiger partial charge is 0.455 e. The Morgan fingerprint density at radius 2 is 1.92 bits per heavy atom. The highest BCUT2D eigenvalue weighted by Crippen LogP contribution is 2.31. The smallest absolute Gasteiger partial charge is 0.280 e. The SMILES string of the molecule is Cc1ccc(-c2ccc(/C=N\Nc3ccccc3)o2)c([N+](=O)[O-])c1. The zero-order valence-corrected chi connectivity index (χ0v) is 13.0. The van der Waals surface area contributed by atoms with Crippen LogP contribution in [0.2, 0.25) is 0 Å². The first-order chi connectivity index (χ1) is 11.6. The van der Waals surface area contributed by atoms with E-state index in [0.29, 0.717) is 17.1 Å². The predicted molar refractivity (Wildman–Crippen MR) is 93.2 cm³/mol. The van der Waals surface area contributed by atoms with Crippen molar-refractivity contribution in [2.45, 2.75) is 6.92 Å². The molecule has 1 heterocycles. The van der Waals surface area contributed by atoms with Gasteiger partial charge in [0.1, 0.15) is 11.5 Å². The molecule has 0 bridgehead atoms. The van der Waals surface area contributed by atoms with Gasteiger partial charge in [0.2, 0.25) is 0 Å². The second-order valence-electron chi connectivity index (χ2n) is 5.22. The van der Waals surface area contributed by atoms with Crippen LogP contribution in [0.4, 0.5) is 11.4 Å². The fourth-order valence-corrected chi connectivity index (χ4v) is 2.25. The van der Waals surface area contributed by atoms with Gasteiger partial charge in [-0.25, -0.2) is 0 Å². The van der Waals surface area contributed by atoms with Crippen LogP contribution in [0.3, 0.4) is 0 Å². The molecule has 0 spiro atoms. The molecule has 0 radical (unpaired) electrons. The molecule has 0 aliphatic heterocycles. The van der Waals surface area contributed by atoms with Crippen molar-refractivity contribution < 1.29 is 9.34 Å². The molecule has 0 saturated heterocycles. The van der Waals surface area contributed by atoms with Crippen molar-refractivity contribution >= 4 is 17.6 Å². The number of furan rings is 1. The van der Waals surface area contributed by atoms with Crippen LogP contribution >= 0.6 is 0 Å². The third-order valence-electron chi connectivity index (χ3n) is 3.40. The van der Waals surface area contributed by atoms with Crippen molar-refractivity contribution in [1.82, 2.24) is 0 Å². The molecule has 0 atom stereocenters. The zero-order chi connectivity index (χ0) is 16.9. The average Bonchev–Trinajstić information content (AvgIpc) is 3.04. The maximum Gasteiger partial charge on any atom is 0.280 e. The summed E-state index contributed by atoms with van der Waals surface area (Å²) in [6.07, 6.45) is 1.52. The molecule has 0 unspecified atom stereocenters. The van der Waals surface area contributed by atoms with Gasteiger partial charge in [-0.2, -0.15) is 5.10 Å². The Morgan fingerprint density at radius 3 is 2.67 bits per heavy atom. The Balaban J connectivity index is 1.80. The number of nitrogens with zero attached hydrogens (tertiary/aromatic N) is 2. The summed E-state index contributed by atoms with van der Waals surface area (Å²) in [4.78, 5) is 10.8. The third kappa shape index (κ3) is 3.49. The monoisotopic (exact) mass is 321 g/mol. The van der Waals surface area contributed by atoms with Crippen LogP contribution in [-0.4, -0.2) is 11.1 Å². The molecular weight excluding hydrogens is 306 g/mol. The number of nitrogens with one attached hydrogen (secondary N) is 1. The van der Waals surface area contributed by atoms with Gasteiger partial charge in [-0.15, -0.1) is 0 Å². The number of hydrogen-bond donors (Lipinski definition) is 1. The number of benzene rings is 2. The number of hydrogen-bond acceptors (Lipinski definition) is 5. The third-order valence-corrected chi connectivity index (χ3v) is 3.40. The molecule has 2 aromatic carbocycles. The summed E-state index contributed by atoms with van der Waals surface area (Å²) in [5.74, 6) is 0.936. The summed E-state index contributed by atoms with van der Waals surface area (Å²) >= 11 is 0. The van der Waals surface area contributed by atoms with E-state index < -0.39 is 4.92 Å². The number of para-hydroxylation sites is 1. The highest BCUT2D eigenvalue weighted by atomic mass is 16.6. The van der Waals surface area contributed by atoms with Crippen molar-refractivity contribution in [1.29, 1.82) is 0 Å². The molecule has 3 rings (SSSR count). The lowest BCUT2D eigenvalue weighted by atomic mass is 10.1. The van der Waals surface area contributed by atoms with Gasteiger partial charge in [-0.1, -0.05) is 24.3 Å². The number of nitro benzene ring substituents is 1. The second-order valence-corrected chi connectivity index (χ2v) is 5.22. The molecule has 6 nitrogen and oxygen atoms in total. The van der Waals surface area contributed by atoms with E-state index in [1.165, 1.54) is 12.3 Å². The summed E-state index contributed by atoms with van der Waals surface area (Å²) < 4.78 is 5.64. The molecule has 0 aliphatic rings. The Labute approximate surface area is 138 Å². The minimum atomic E-state index is -0.407. The molecule has 0 fully saturated rings. The Kier molecular flexibility index (Phi) is 4.38. The molecule has 120 valence electrons. The van der Waals surface area contributed by atoms with Gasteiger partial charge in [0.25, 0.3) is 5.69 Å². The Bertz CT molecular complexity index is 886. The molecule has 0 saturated carbocycles. The average molecular weight is 321 g/mol. The van der Waals surface area contributed by atoms with Crippen LogP contribution in [-0.2, 0) is 0 Å². The lowest BCUT2D eigenvalue weighted by molar-refractivity contribution is -0.384. The number of aryl methyl sites for hydroxylation is 1. The molecule has 1 aromatic heterocycles. The van der Waals surface area contributed by atoms with E-state index in [-0.39, 0.29) is 5.69 Å². The minimum absolute atomic E-state index is 0.0234. The summed E-state index contributed by atoms with van der Waals surface area (Å²) in [5.41, 5.74) is 5.03. The van der Waals surface area contributed by atoms with Gasteiger partial charge in [0.05, 0.1) is 22.4 Å². The van der Waals surface area contributed by atoms with Crippen LogP contribution in [0.25, 0.3) is 11.3 Å². The lowest BCUT2D eigenvalue weighted by Crippen LogP contribution is -1.92. The first-order valence-electron chi connectivity index (χ1n) is 7.33. The molecule has 0 aliphatic carbocycles. The van der Waals surface area contributed by atoms with Crippen LogP contribution in [0.15, 0.2) is 70.2 Å². The normalized spacial score (nSPS) is 10.9. The summed E-state index contributed by atoms with van der Waals surface area (Å²) in [6.45, 7) is 1.81. The Hall–Kier alpha value is -3.41. The summed E-state index contributed by atoms with van der Waals surface area (Å²) in [7, 11) is 0. The number of hydrazone groups is 1. The Morgan fingerprint density at radius 1 is 1.12 bits per heavy atom. The van der Waals surface area contributed by atoms with Crippen LogP contribution in [0.5, 0.6) is 0 Å². The molecule has 3 aromatic rings.